The van der Waals surface area contributed by atoms with Crippen molar-refractivity contribution < 1.29 is 14.3 Å². The summed E-state index contributed by atoms with van der Waals surface area (Å²) in [5.74, 6) is -0.490. The highest BCUT2D eigenvalue weighted by atomic mass is 16.5. The predicted octanol–water partition coefficient (Wildman–Crippen LogP) is 3.49. The zero-order valence-electron chi connectivity index (χ0n) is 14.3. The number of nitrogens with zero attached hydrogens (tertiary/aromatic N) is 1. The quantitative estimate of drug-likeness (QED) is 0.858. The third-order valence-electron chi connectivity index (χ3n) is 4.27. The Labute approximate surface area is 146 Å². The molecular formula is C20H20N2O3. The first-order valence-electron chi connectivity index (χ1n) is 8.25. The van der Waals surface area contributed by atoms with E-state index in [2.05, 4.69) is 10.3 Å². The smallest absolute Gasteiger partial charge is 0.303 e. The van der Waals surface area contributed by atoms with Crippen LogP contribution in [-0.2, 0) is 20.7 Å². The van der Waals surface area contributed by atoms with Crippen LogP contribution in [0.4, 0.5) is 5.69 Å². The van der Waals surface area contributed by atoms with Crippen molar-refractivity contribution >= 4 is 17.6 Å². The van der Waals surface area contributed by atoms with Crippen LogP contribution in [0.1, 0.15) is 36.3 Å². The van der Waals surface area contributed by atoms with Gasteiger partial charge in [0.05, 0.1) is 17.6 Å². The van der Waals surface area contributed by atoms with Crippen LogP contribution in [0.15, 0.2) is 54.3 Å². The van der Waals surface area contributed by atoms with Crippen LogP contribution in [0.2, 0.25) is 0 Å². The van der Waals surface area contributed by atoms with Gasteiger partial charge in [0.15, 0.2) is 0 Å². The number of amides is 1. The summed E-state index contributed by atoms with van der Waals surface area (Å²) < 4.78 is 5.31. The fourth-order valence-electron chi connectivity index (χ4n) is 3.02. The van der Waals surface area contributed by atoms with Gasteiger partial charge in [-0.1, -0.05) is 30.4 Å². The van der Waals surface area contributed by atoms with Crippen LogP contribution in [0.25, 0.3) is 0 Å². The highest BCUT2D eigenvalue weighted by Gasteiger charge is 2.29. The Hall–Kier alpha value is -2.95. The van der Waals surface area contributed by atoms with Gasteiger partial charge in [-0.25, -0.2) is 0 Å². The normalized spacial score (nSPS) is 24.1. The molecule has 128 valence electrons. The van der Waals surface area contributed by atoms with E-state index < -0.39 is 0 Å². The van der Waals surface area contributed by atoms with E-state index >= 15 is 0 Å². The number of fused-ring (bicyclic) bond motifs is 1. The van der Waals surface area contributed by atoms with Crippen LogP contribution < -0.4 is 5.32 Å². The summed E-state index contributed by atoms with van der Waals surface area (Å²) >= 11 is 0. The van der Waals surface area contributed by atoms with Gasteiger partial charge >= 0.3 is 5.97 Å². The maximum atomic E-state index is 12.5. The molecule has 1 atom stereocenters. The van der Waals surface area contributed by atoms with Crippen LogP contribution in [-0.4, -0.2) is 16.9 Å². The van der Waals surface area contributed by atoms with E-state index in [1.807, 2.05) is 37.3 Å². The number of esters is 1. The van der Waals surface area contributed by atoms with Crippen molar-refractivity contribution in [2.24, 2.45) is 0 Å². The Balaban J connectivity index is 1.80. The molecule has 1 heterocycles. The van der Waals surface area contributed by atoms with Crippen molar-refractivity contribution in [2.45, 2.75) is 32.8 Å². The number of pyridine rings is 1. The lowest BCUT2D eigenvalue weighted by molar-refractivity contribution is -0.146. The first-order valence-corrected chi connectivity index (χ1v) is 8.25. The number of carbonyl (C=O) groups is 2. The molecule has 2 aliphatic carbocycles. The monoisotopic (exact) mass is 336 g/mol. The van der Waals surface area contributed by atoms with Gasteiger partial charge < -0.3 is 10.1 Å². The molecule has 0 saturated heterocycles. The highest BCUT2D eigenvalue weighted by Crippen LogP contribution is 2.36. The maximum absolute atomic E-state index is 12.5. The van der Waals surface area contributed by atoms with Gasteiger partial charge in [0.1, 0.15) is 6.10 Å². The number of hydrogen-bond acceptors (Lipinski definition) is 4. The maximum Gasteiger partial charge on any atom is 0.303 e. The van der Waals surface area contributed by atoms with E-state index in [9.17, 15) is 9.59 Å². The van der Waals surface area contributed by atoms with Crippen molar-refractivity contribution in [1.29, 1.82) is 0 Å². The van der Waals surface area contributed by atoms with Gasteiger partial charge in [-0.3, -0.25) is 14.6 Å². The number of hydrogen-bond donors (Lipinski definition) is 1. The highest BCUT2D eigenvalue weighted by molar-refractivity contribution is 6.06. The molecule has 0 radical (unpaired) electrons. The molecule has 1 unspecified atom stereocenters. The Morgan fingerprint density at radius 3 is 2.76 bits per heavy atom. The molecule has 0 spiro atoms. The lowest BCUT2D eigenvalue weighted by atomic mass is 10.1. The SMILES string of the molecule is CC(=O)OC1CCc2c1ncc(NC(=O)C1=C/C=C\C=C/C=C\1)c2C. The summed E-state index contributed by atoms with van der Waals surface area (Å²) in [6, 6.07) is 0. The number of anilines is 1. The molecule has 0 aliphatic heterocycles. The summed E-state index contributed by atoms with van der Waals surface area (Å²) in [6.07, 6.45) is 15.7. The summed E-state index contributed by atoms with van der Waals surface area (Å²) in [7, 11) is 0. The van der Waals surface area contributed by atoms with Crippen LogP contribution in [0.5, 0.6) is 0 Å². The molecule has 1 aromatic rings. The van der Waals surface area contributed by atoms with Crippen LogP contribution in [0.3, 0.4) is 0 Å². The van der Waals surface area contributed by atoms with E-state index in [-0.39, 0.29) is 18.0 Å². The molecule has 5 nitrogen and oxygen atoms in total. The second-order valence-corrected chi connectivity index (χ2v) is 6.00. The van der Waals surface area contributed by atoms with Crippen molar-refractivity contribution in [2.75, 3.05) is 5.32 Å². The third-order valence-corrected chi connectivity index (χ3v) is 4.27. The molecule has 1 N–H and O–H groups in total. The van der Waals surface area contributed by atoms with Crippen LogP contribution in [0, 0.1) is 6.92 Å². The summed E-state index contributed by atoms with van der Waals surface area (Å²) in [4.78, 5) is 28.1. The van der Waals surface area contributed by atoms with E-state index in [1.54, 1.807) is 18.3 Å². The second-order valence-electron chi connectivity index (χ2n) is 6.00. The second kappa shape index (κ2) is 7.30. The van der Waals surface area contributed by atoms with Crippen LogP contribution >= 0.6 is 0 Å². The molecule has 5 heteroatoms. The number of ether oxygens (including phenoxy) is 1. The molecule has 0 saturated carbocycles. The van der Waals surface area contributed by atoms with Gasteiger partial charge in [0.2, 0.25) is 0 Å². The predicted molar refractivity (Wildman–Crippen MR) is 95.9 cm³/mol. The molecule has 25 heavy (non-hydrogen) atoms. The largest absolute Gasteiger partial charge is 0.456 e. The minimum atomic E-state index is -0.306. The third kappa shape index (κ3) is 3.76. The number of nitrogens with one attached hydrogen (secondary N) is 1. The molecule has 0 aromatic carbocycles. The summed E-state index contributed by atoms with van der Waals surface area (Å²) in [6.45, 7) is 3.36. The fraction of sp³-hybridized carbons (Fsp3) is 0.250. The van der Waals surface area contributed by atoms with Crippen molar-refractivity contribution in [3.8, 4) is 0 Å². The molecule has 1 aromatic heterocycles. The van der Waals surface area contributed by atoms with Gasteiger partial charge in [-0.05, 0) is 43.0 Å². The zero-order chi connectivity index (χ0) is 17.8. The molecule has 2 aliphatic rings. The van der Waals surface area contributed by atoms with Gasteiger partial charge in [-0.2, -0.15) is 0 Å². The first-order chi connectivity index (χ1) is 12.1. The zero-order valence-corrected chi connectivity index (χ0v) is 14.3. The van der Waals surface area contributed by atoms with E-state index in [1.165, 1.54) is 6.92 Å². The standard InChI is InChI=1S/C20H20N2O3/c1-13-16-10-11-18(25-14(2)23)19(16)21-12-17(13)22-20(24)15-8-6-4-3-5-7-9-15/h3-9,12,18H,10-11H2,1-2H3,(H,22,24)/b4-3-,5-3?,6-4?,7-5-,8-6-,9-7?,15-8?,15-9+. The van der Waals surface area contributed by atoms with E-state index in [0.29, 0.717) is 11.3 Å². The number of aromatic nitrogens is 1. The molecule has 1 amide bonds. The Kier molecular flexibility index (Phi) is 4.93. The Bertz CT molecular complexity index is 832. The Morgan fingerprint density at radius 1 is 1.20 bits per heavy atom. The van der Waals surface area contributed by atoms with E-state index in [4.69, 9.17) is 4.74 Å². The summed E-state index contributed by atoms with van der Waals surface area (Å²) in [5.41, 5.74) is 4.07. The molecular weight excluding hydrogens is 316 g/mol. The minimum absolute atomic E-state index is 0.185. The topological polar surface area (TPSA) is 68.3 Å². The van der Waals surface area contributed by atoms with Crippen molar-refractivity contribution in [3.63, 3.8) is 0 Å². The summed E-state index contributed by atoms with van der Waals surface area (Å²) in [5, 5.41) is 2.93. The lowest BCUT2D eigenvalue weighted by Gasteiger charge is -2.14. The van der Waals surface area contributed by atoms with Gasteiger partial charge in [0, 0.05) is 12.5 Å². The van der Waals surface area contributed by atoms with Crippen molar-refractivity contribution in [1.82, 2.24) is 4.98 Å². The van der Waals surface area contributed by atoms with E-state index in [0.717, 1.165) is 29.7 Å². The number of rotatable bonds is 3. The average molecular weight is 336 g/mol. The molecule has 0 fully saturated rings. The lowest BCUT2D eigenvalue weighted by Crippen LogP contribution is -2.15. The average Bonchev–Trinajstić information content (AvgIpc) is 2.92. The van der Waals surface area contributed by atoms with Gasteiger partial charge in [-0.15, -0.1) is 0 Å². The van der Waals surface area contributed by atoms with Gasteiger partial charge in [0.25, 0.3) is 5.91 Å². The molecule has 3 rings (SSSR count). The molecule has 0 bridgehead atoms. The van der Waals surface area contributed by atoms with Crippen molar-refractivity contribution in [3.05, 3.63) is 71.1 Å². The number of allylic oxidation sites excluding steroid dienone is 6. The fourth-order valence-corrected chi connectivity index (χ4v) is 3.02. The first kappa shape index (κ1) is 16.9. The minimum Gasteiger partial charge on any atom is -0.456 e. The Morgan fingerprint density at radius 2 is 1.96 bits per heavy atom. The number of carbonyl (C=O) groups excluding carboxylic acids is 2.